The van der Waals surface area contributed by atoms with Gasteiger partial charge in [-0.25, -0.2) is 0 Å². The monoisotopic (exact) mass is 424 g/mol. The minimum absolute atomic E-state index is 0. The molecule has 0 aliphatic rings. The van der Waals surface area contributed by atoms with Crippen LogP contribution in [0.3, 0.4) is 0 Å². The number of carboxylic acid groups (broad SMARTS) is 4. The minimum Gasteiger partial charge on any atom is -0.481 e. The molecule has 0 aliphatic carbocycles. The summed E-state index contributed by atoms with van der Waals surface area (Å²) in [5.74, 6) is -3.33. The van der Waals surface area contributed by atoms with Crippen molar-refractivity contribution in [3.05, 3.63) is 0 Å². The Morgan fingerprint density at radius 1 is 0.500 bits per heavy atom. The van der Waals surface area contributed by atoms with E-state index in [-0.39, 0.29) is 36.9 Å². The smallest absolute Gasteiger partial charge is 0.300 e. The summed E-state index contributed by atoms with van der Waals surface area (Å²) in [6.07, 6.45) is 0. The summed E-state index contributed by atoms with van der Waals surface area (Å²) in [4.78, 5) is 36.0. The molecule has 0 aliphatic heterocycles. The Balaban J connectivity index is -0.0000000114. The molecule has 0 aromatic rings. The zero-order valence-electron chi connectivity index (χ0n) is 15.4. The fourth-order valence-electron chi connectivity index (χ4n) is 0. The van der Waals surface area contributed by atoms with Gasteiger partial charge in [0.25, 0.3) is 35.2 Å². The second-order valence-corrected chi connectivity index (χ2v) is 2.77. The molecule has 24 N–H and O–H groups in total. The van der Waals surface area contributed by atoms with Crippen LogP contribution in [0.25, 0.3) is 0 Å². The van der Waals surface area contributed by atoms with Crippen LogP contribution in [0.1, 0.15) is 27.7 Å². The summed E-state index contributed by atoms with van der Waals surface area (Å²) < 4.78 is 22.8. The molecule has 0 atom stereocenters. The van der Waals surface area contributed by atoms with Crippen molar-refractivity contribution >= 4 is 35.2 Å². The van der Waals surface area contributed by atoms with Crippen LogP contribution in [0, 0.1) is 0 Å². The fraction of sp³-hybridized carbons (Fsp3) is 0.500. The molecule has 170 valence electrons. The molecule has 0 bridgehead atoms. The van der Waals surface area contributed by atoms with Gasteiger partial charge < -0.3 is 57.3 Å². The number of aliphatic carboxylic acids is 4. The Morgan fingerprint density at radius 2 is 0.500 bits per heavy atom. The van der Waals surface area contributed by atoms with Crippen molar-refractivity contribution in [2.45, 2.75) is 27.7 Å². The molecule has 0 aromatic heterocycles. The van der Waals surface area contributed by atoms with Gasteiger partial charge in [-0.05, 0) is 0 Å². The van der Waals surface area contributed by atoms with Crippen LogP contribution in [0.5, 0.6) is 0 Å². The van der Waals surface area contributed by atoms with Gasteiger partial charge in [0.1, 0.15) is 0 Å². The maximum Gasteiger partial charge on any atom is 0.300 e. The Labute approximate surface area is 153 Å². The molecule has 17 nitrogen and oxygen atoms in total. The molecule has 0 rings (SSSR count). The number of hydrogen-bond acceptors (Lipinski definition) is 11. The van der Waals surface area contributed by atoms with Gasteiger partial charge in [0.05, 0.1) is 0 Å². The Morgan fingerprint density at radius 3 is 0.500 bits per heavy atom. The van der Waals surface area contributed by atoms with Crippen molar-refractivity contribution in [1.29, 1.82) is 0 Å². The summed E-state index contributed by atoms with van der Waals surface area (Å²) >= 11 is -2.61. The molecular formula is C8H36N6O11S. The number of carbonyl (C=O) groups is 4. The predicted octanol–water partition coefficient (Wildman–Crippen LogP) is 1.02. The normalized spacial score (nSPS) is 5.19. The molecule has 26 heavy (non-hydrogen) atoms. The number of hydrogen-bond donors (Lipinski definition) is 12. The van der Waals surface area contributed by atoms with Crippen LogP contribution in [0.2, 0.25) is 0 Å². The maximum absolute atomic E-state index is 9.00. The minimum atomic E-state index is -2.61. The third-order valence-electron chi connectivity index (χ3n) is 0. The van der Waals surface area contributed by atoms with Gasteiger partial charge in [-0.3, -0.25) is 28.3 Å². The highest BCUT2D eigenvalue weighted by Crippen LogP contribution is 1.44. The van der Waals surface area contributed by atoms with Gasteiger partial charge >= 0.3 is 0 Å². The number of carboxylic acids is 4. The van der Waals surface area contributed by atoms with Crippen LogP contribution >= 0.6 is 0 Å². The van der Waals surface area contributed by atoms with E-state index in [0.29, 0.717) is 0 Å². The Kier molecular flexibility index (Phi) is 193. The molecule has 0 radical (unpaired) electrons. The van der Waals surface area contributed by atoms with E-state index in [0.717, 1.165) is 27.7 Å². The summed E-state index contributed by atoms with van der Waals surface area (Å²) in [7, 11) is 0. The van der Waals surface area contributed by atoms with E-state index < -0.39 is 35.2 Å². The molecule has 0 saturated heterocycles. The average Bonchev–Trinajstić information content (AvgIpc) is 1.94. The van der Waals surface area contributed by atoms with E-state index in [2.05, 4.69) is 0 Å². The van der Waals surface area contributed by atoms with E-state index in [1.807, 2.05) is 0 Å². The average molecular weight is 424 g/mol. The standard InChI is InChI=1S/4C2H4O2.6H3N.H2O3S/c4*1-2(3)4;;;;;;;1-4(2)3/h4*1H3,(H,3,4);6*1H3;(H2,1,2,3). The first-order chi connectivity index (χ1) is 8.66. The lowest BCUT2D eigenvalue weighted by molar-refractivity contribution is -0.135. The van der Waals surface area contributed by atoms with Crippen molar-refractivity contribution in [2.24, 2.45) is 0 Å². The summed E-state index contributed by atoms with van der Waals surface area (Å²) in [5, 5.41) is 29.7. The third-order valence-corrected chi connectivity index (χ3v) is 0. The summed E-state index contributed by atoms with van der Waals surface area (Å²) in [5.41, 5.74) is 0. The van der Waals surface area contributed by atoms with Crippen LogP contribution in [-0.2, 0) is 30.5 Å². The summed E-state index contributed by atoms with van der Waals surface area (Å²) in [6.45, 7) is 4.33. The first kappa shape index (κ1) is 75.7. The topological polar surface area (TPSA) is 417 Å². The van der Waals surface area contributed by atoms with Crippen molar-refractivity contribution in [1.82, 2.24) is 36.9 Å². The molecule has 18 heteroatoms. The second kappa shape index (κ2) is 66.3. The molecule has 0 aromatic carbocycles. The van der Waals surface area contributed by atoms with Gasteiger partial charge in [0.15, 0.2) is 0 Å². The van der Waals surface area contributed by atoms with E-state index in [4.69, 9.17) is 52.9 Å². The van der Waals surface area contributed by atoms with Crippen LogP contribution < -0.4 is 36.9 Å². The van der Waals surface area contributed by atoms with E-state index in [9.17, 15) is 0 Å². The van der Waals surface area contributed by atoms with E-state index >= 15 is 0 Å². The largest absolute Gasteiger partial charge is 0.481 e. The first-order valence-corrected chi connectivity index (χ1v) is 5.31. The Hall–Kier alpha value is -2.29. The first-order valence-electron chi connectivity index (χ1n) is 4.24. The van der Waals surface area contributed by atoms with Gasteiger partial charge in [-0.15, -0.1) is 0 Å². The van der Waals surface area contributed by atoms with E-state index in [1.165, 1.54) is 0 Å². The van der Waals surface area contributed by atoms with Gasteiger partial charge in [-0.2, -0.15) is 4.21 Å². The van der Waals surface area contributed by atoms with E-state index in [1.54, 1.807) is 0 Å². The summed E-state index contributed by atoms with van der Waals surface area (Å²) in [6, 6.07) is 0. The number of rotatable bonds is 0. The van der Waals surface area contributed by atoms with Gasteiger partial charge in [0, 0.05) is 27.7 Å². The van der Waals surface area contributed by atoms with Crippen molar-refractivity contribution in [2.75, 3.05) is 0 Å². The molecule has 0 amide bonds. The molecule has 0 spiro atoms. The van der Waals surface area contributed by atoms with Crippen molar-refractivity contribution in [3.8, 4) is 0 Å². The second-order valence-electron chi connectivity index (χ2n) is 2.31. The van der Waals surface area contributed by atoms with Crippen LogP contribution in [-0.4, -0.2) is 57.6 Å². The van der Waals surface area contributed by atoms with Crippen molar-refractivity contribution < 1.29 is 52.9 Å². The molecule has 0 unspecified atom stereocenters. The quantitative estimate of drug-likeness (QED) is 0.241. The molecule has 0 heterocycles. The zero-order chi connectivity index (χ0) is 17.9. The lowest BCUT2D eigenvalue weighted by atomic mass is 10.9. The van der Waals surface area contributed by atoms with Crippen molar-refractivity contribution in [3.63, 3.8) is 0 Å². The Bertz CT molecular complexity index is 229. The van der Waals surface area contributed by atoms with Gasteiger partial charge in [-0.1, -0.05) is 0 Å². The van der Waals surface area contributed by atoms with Crippen LogP contribution in [0.4, 0.5) is 0 Å². The molecule has 0 saturated carbocycles. The highest BCUT2D eigenvalue weighted by molar-refractivity contribution is 7.73. The highest BCUT2D eigenvalue weighted by atomic mass is 32.2. The molecule has 0 fully saturated rings. The van der Waals surface area contributed by atoms with Crippen LogP contribution in [0.15, 0.2) is 0 Å². The lowest BCUT2D eigenvalue weighted by Gasteiger charge is -1.59. The zero-order valence-corrected chi connectivity index (χ0v) is 16.2. The maximum atomic E-state index is 9.00. The lowest BCUT2D eigenvalue weighted by Crippen LogP contribution is -1.78. The predicted molar refractivity (Wildman–Crippen MR) is 96.8 cm³/mol. The fourth-order valence-corrected chi connectivity index (χ4v) is 0. The highest BCUT2D eigenvalue weighted by Gasteiger charge is 1.66. The SMILES string of the molecule is CC(=O)O.CC(=O)O.CC(=O)O.CC(=O)O.N.N.N.N.N.N.O=S(O)O. The third kappa shape index (κ3) is 1780. The molecular weight excluding hydrogens is 388 g/mol. The van der Waals surface area contributed by atoms with Gasteiger partial charge in [0.2, 0.25) is 0 Å².